The Kier molecular flexibility index (Phi) is 6.62. The molecule has 5 heteroatoms. The molecule has 92 valence electrons. The minimum Gasteiger partial charge on any atom is -0.303 e. The van der Waals surface area contributed by atoms with Gasteiger partial charge in [0.2, 0.25) is 0 Å². The van der Waals surface area contributed by atoms with Crippen molar-refractivity contribution >= 4 is 8.72 Å². The summed E-state index contributed by atoms with van der Waals surface area (Å²) in [5.74, 6) is 0. The Morgan fingerprint density at radius 2 is 0.933 bits per heavy atom. The number of rotatable bonds is 7. The molecular weight excluding hydrogens is 204 g/mol. The van der Waals surface area contributed by atoms with Gasteiger partial charge in [-0.25, -0.2) is 0 Å². The Labute approximate surface area is 95.9 Å². The van der Waals surface area contributed by atoms with Crippen molar-refractivity contribution in [2.45, 2.75) is 59.7 Å². The highest BCUT2D eigenvalue weighted by molar-refractivity contribution is 6.70. The molecule has 0 atom stereocenters. The highest BCUT2D eigenvalue weighted by Crippen LogP contribution is 1.93. The predicted octanol–water partition coefficient (Wildman–Crippen LogP) is 0.635. The van der Waals surface area contributed by atoms with Crippen LogP contribution in [0.2, 0.25) is 0 Å². The van der Waals surface area contributed by atoms with Crippen LogP contribution in [0.3, 0.4) is 0 Å². The Balaban J connectivity index is 4.59. The fourth-order valence-electron chi connectivity index (χ4n) is 1.64. The van der Waals surface area contributed by atoms with E-state index in [0.29, 0.717) is 18.1 Å². The molecule has 0 bridgehead atoms. The molecule has 0 rings (SSSR count). The highest BCUT2D eigenvalue weighted by atomic mass is 28.4. The van der Waals surface area contributed by atoms with Crippen molar-refractivity contribution in [1.82, 2.24) is 19.9 Å². The Morgan fingerprint density at radius 1 is 0.667 bits per heavy atom. The highest BCUT2D eigenvalue weighted by Gasteiger charge is 2.35. The fourth-order valence-corrected chi connectivity index (χ4v) is 4.92. The first kappa shape index (κ1) is 15.1. The molecule has 0 aromatic heterocycles. The smallest absolute Gasteiger partial charge is 0.303 e. The average Bonchev–Trinajstić information content (AvgIpc) is 1.99. The van der Waals surface area contributed by atoms with Crippen LogP contribution in [0, 0.1) is 0 Å². The zero-order valence-corrected chi connectivity index (χ0v) is 12.2. The molecular formula is C10H28N4Si. The molecule has 0 spiro atoms. The molecule has 0 aliphatic carbocycles. The van der Waals surface area contributed by atoms with E-state index in [1.54, 1.807) is 0 Å². The Hall–Kier alpha value is 0.0569. The van der Waals surface area contributed by atoms with E-state index in [1.807, 2.05) is 7.05 Å². The van der Waals surface area contributed by atoms with Crippen molar-refractivity contribution in [1.29, 1.82) is 0 Å². The lowest BCUT2D eigenvalue weighted by atomic mass is 10.4. The third kappa shape index (κ3) is 6.27. The van der Waals surface area contributed by atoms with Gasteiger partial charge in [-0.2, -0.15) is 0 Å². The van der Waals surface area contributed by atoms with Crippen LogP contribution in [0.15, 0.2) is 0 Å². The first-order valence-corrected chi connectivity index (χ1v) is 7.83. The summed E-state index contributed by atoms with van der Waals surface area (Å²) >= 11 is 0. The molecule has 0 radical (unpaired) electrons. The van der Waals surface area contributed by atoms with Gasteiger partial charge in [-0.3, -0.25) is 14.9 Å². The van der Waals surface area contributed by atoms with Crippen LogP contribution in [0.5, 0.6) is 0 Å². The minimum absolute atomic E-state index is 0.460. The van der Waals surface area contributed by atoms with Crippen molar-refractivity contribution in [3.05, 3.63) is 0 Å². The van der Waals surface area contributed by atoms with Gasteiger partial charge in [0.1, 0.15) is 0 Å². The standard InChI is InChI=1S/C10H28N4Si/c1-8(2)12-15(11-7,13-9(3)4)14-10(5)6/h8-14H,1-7H3. The first-order valence-electron chi connectivity index (χ1n) is 5.83. The number of hydrogen-bond acceptors (Lipinski definition) is 4. The Bertz CT molecular complexity index is 144. The van der Waals surface area contributed by atoms with Gasteiger partial charge in [0.25, 0.3) is 0 Å². The summed E-state index contributed by atoms with van der Waals surface area (Å²) in [6.45, 7) is 13.0. The normalized spacial score (nSPS) is 13.2. The van der Waals surface area contributed by atoms with Crippen molar-refractivity contribution < 1.29 is 0 Å². The van der Waals surface area contributed by atoms with Crippen LogP contribution in [0.1, 0.15) is 41.5 Å². The molecule has 0 aliphatic heterocycles. The van der Waals surface area contributed by atoms with Crippen molar-refractivity contribution in [3.8, 4) is 0 Å². The van der Waals surface area contributed by atoms with Crippen molar-refractivity contribution in [3.63, 3.8) is 0 Å². The molecule has 4 nitrogen and oxygen atoms in total. The minimum atomic E-state index is -1.96. The van der Waals surface area contributed by atoms with Gasteiger partial charge in [0, 0.05) is 0 Å². The summed E-state index contributed by atoms with van der Waals surface area (Å²) in [6.07, 6.45) is 0. The molecule has 15 heavy (non-hydrogen) atoms. The van der Waals surface area contributed by atoms with Gasteiger partial charge in [-0.05, 0) is 25.2 Å². The van der Waals surface area contributed by atoms with Gasteiger partial charge in [-0.15, -0.1) is 0 Å². The van der Waals surface area contributed by atoms with Gasteiger partial charge in [0.15, 0.2) is 0 Å². The van der Waals surface area contributed by atoms with Gasteiger partial charge >= 0.3 is 8.72 Å². The monoisotopic (exact) mass is 232 g/mol. The van der Waals surface area contributed by atoms with E-state index in [9.17, 15) is 0 Å². The topological polar surface area (TPSA) is 48.1 Å². The Morgan fingerprint density at radius 3 is 1.07 bits per heavy atom. The second kappa shape index (κ2) is 6.60. The van der Waals surface area contributed by atoms with E-state index >= 15 is 0 Å². The van der Waals surface area contributed by atoms with Gasteiger partial charge < -0.3 is 4.98 Å². The van der Waals surface area contributed by atoms with Crippen LogP contribution in [0.25, 0.3) is 0 Å². The fraction of sp³-hybridized carbons (Fsp3) is 1.00. The van der Waals surface area contributed by atoms with Crippen LogP contribution in [-0.2, 0) is 0 Å². The predicted molar refractivity (Wildman–Crippen MR) is 69.6 cm³/mol. The molecule has 0 heterocycles. The summed E-state index contributed by atoms with van der Waals surface area (Å²) in [7, 11) is 0.0476. The van der Waals surface area contributed by atoms with E-state index in [2.05, 4.69) is 61.5 Å². The average molecular weight is 232 g/mol. The molecule has 0 saturated carbocycles. The van der Waals surface area contributed by atoms with Crippen LogP contribution in [0.4, 0.5) is 0 Å². The zero-order chi connectivity index (χ0) is 12.1. The van der Waals surface area contributed by atoms with E-state index < -0.39 is 8.72 Å². The van der Waals surface area contributed by atoms with Crippen LogP contribution < -0.4 is 19.9 Å². The van der Waals surface area contributed by atoms with Gasteiger partial charge in [0.05, 0.1) is 0 Å². The van der Waals surface area contributed by atoms with Crippen LogP contribution in [-0.4, -0.2) is 33.9 Å². The second-order valence-corrected chi connectivity index (χ2v) is 7.76. The maximum atomic E-state index is 3.61. The van der Waals surface area contributed by atoms with Gasteiger partial charge in [-0.1, -0.05) is 41.5 Å². The molecule has 4 N–H and O–H groups in total. The van der Waals surface area contributed by atoms with E-state index in [0.717, 1.165) is 0 Å². The van der Waals surface area contributed by atoms with Crippen molar-refractivity contribution in [2.75, 3.05) is 7.05 Å². The molecule has 0 aromatic carbocycles. The number of nitrogens with one attached hydrogen (secondary N) is 4. The first-order chi connectivity index (χ1) is 6.81. The summed E-state index contributed by atoms with van der Waals surface area (Å²) in [5.41, 5.74) is 0. The lowest BCUT2D eigenvalue weighted by Gasteiger charge is -2.37. The SMILES string of the molecule is CN[Si](NC(C)C)(NC(C)C)NC(C)C. The molecule has 0 saturated heterocycles. The van der Waals surface area contributed by atoms with E-state index in [4.69, 9.17) is 0 Å². The third-order valence-electron chi connectivity index (χ3n) is 1.89. The van der Waals surface area contributed by atoms with E-state index in [-0.39, 0.29) is 0 Å². The zero-order valence-electron chi connectivity index (χ0n) is 11.2. The van der Waals surface area contributed by atoms with Crippen LogP contribution >= 0.6 is 0 Å². The largest absolute Gasteiger partial charge is 0.366 e. The maximum absolute atomic E-state index is 3.61. The third-order valence-corrected chi connectivity index (χ3v) is 5.67. The lowest BCUT2D eigenvalue weighted by molar-refractivity contribution is 0.580. The summed E-state index contributed by atoms with van der Waals surface area (Å²) < 4.78 is 0. The number of hydrogen-bond donors (Lipinski definition) is 4. The lowest BCUT2D eigenvalue weighted by Crippen LogP contribution is -2.83. The second-order valence-electron chi connectivity index (χ2n) is 4.90. The molecule has 0 aromatic rings. The maximum Gasteiger partial charge on any atom is 0.366 e. The van der Waals surface area contributed by atoms with E-state index in [1.165, 1.54) is 0 Å². The molecule has 0 fully saturated rings. The summed E-state index contributed by atoms with van der Waals surface area (Å²) in [4.78, 5) is 14.2. The molecule has 0 amide bonds. The molecule has 0 unspecified atom stereocenters. The summed E-state index contributed by atoms with van der Waals surface area (Å²) in [5, 5.41) is 0. The van der Waals surface area contributed by atoms with Crippen molar-refractivity contribution in [2.24, 2.45) is 0 Å². The summed E-state index contributed by atoms with van der Waals surface area (Å²) in [6, 6.07) is 1.38. The molecule has 0 aliphatic rings. The quantitative estimate of drug-likeness (QED) is 0.487.